The summed E-state index contributed by atoms with van der Waals surface area (Å²) in [5, 5.41) is 9.95. The number of aromatic carboxylic acids is 1. The Morgan fingerprint density at radius 3 is 2.64 bits per heavy atom. The SMILES string of the molecule is Cc1cc(C(=O)O)nc2ccc(OCc3ccccc3)cc12. The number of carboxylic acids is 1. The van der Waals surface area contributed by atoms with E-state index in [0.717, 1.165) is 22.3 Å². The molecule has 0 radical (unpaired) electrons. The molecule has 22 heavy (non-hydrogen) atoms. The van der Waals surface area contributed by atoms with Crippen LogP contribution in [-0.2, 0) is 6.61 Å². The maximum absolute atomic E-state index is 11.0. The van der Waals surface area contributed by atoms with Gasteiger partial charge in [-0.1, -0.05) is 30.3 Å². The minimum Gasteiger partial charge on any atom is -0.489 e. The topological polar surface area (TPSA) is 59.4 Å². The number of nitrogens with zero attached hydrogens (tertiary/aromatic N) is 1. The molecule has 0 amide bonds. The highest BCUT2D eigenvalue weighted by Crippen LogP contribution is 2.24. The molecule has 0 spiro atoms. The Kier molecular flexibility index (Phi) is 3.74. The number of carbonyl (C=O) groups is 1. The molecular formula is C18H15NO3. The lowest BCUT2D eigenvalue weighted by atomic mass is 10.1. The molecule has 0 saturated heterocycles. The molecular weight excluding hydrogens is 278 g/mol. The molecule has 0 atom stereocenters. The van der Waals surface area contributed by atoms with Gasteiger partial charge in [-0.15, -0.1) is 0 Å². The van der Waals surface area contributed by atoms with Crippen molar-refractivity contribution in [3.05, 3.63) is 71.4 Å². The number of hydrogen-bond acceptors (Lipinski definition) is 3. The van der Waals surface area contributed by atoms with E-state index in [4.69, 9.17) is 9.84 Å². The number of fused-ring (bicyclic) bond motifs is 1. The minimum atomic E-state index is -1.02. The summed E-state index contributed by atoms with van der Waals surface area (Å²) in [5.41, 5.74) is 2.68. The van der Waals surface area contributed by atoms with E-state index >= 15 is 0 Å². The van der Waals surface area contributed by atoms with Crippen molar-refractivity contribution in [3.8, 4) is 5.75 Å². The number of ether oxygens (including phenoxy) is 1. The Morgan fingerprint density at radius 1 is 1.14 bits per heavy atom. The van der Waals surface area contributed by atoms with E-state index in [-0.39, 0.29) is 5.69 Å². The van der Waals surface area contributed by atoms with Crippen LogP contribution in [0.2, 0.25) is 0 Å². The molecule has 3 aromatic rings. The molecule has 1 heterocycles. The van der Waals surface area contributed by atoms with Crippen LogP contribution < -0.4 is 4.74 Å². The molecule has 0 unspecified atom stereocenters. The molecule has 0 aliphatic rings. The predicted octanol–water partition coefficient (Wildman–Crippen LogP) is 3.82. The summed E-state index contributed by atoms with van der Waals surface area (Å²) in [6.45, 7) is 2.36. The molecule has 0 aliphatic carbocycles. The number of aryl methyl sites for hydroxylation is 1. The van der Waals surface area contributed by atoms with Crippen molar-refractivity contribution in [3.63, 3.8) is 0 Å². The lowest BCUT2D eigenvalue weighted by molar-refractivity contribution is 0.0691. The Labute approximate surface area is 128 Å². The predicted molar refractivity (Wildman–Crippen MR) is 84.2 cm³/mol. The summed E-state index contributed by atoms with van der Waals surface area (Å²) in [4.78, 5) is 15.2. The number of pyridine rings is 1. The average Bonchev–Trinajstić information content (AvgIpc) is 2.54. The number of rotatable bonds is 4. The second kappa shape index (κ2) is 5.85. The molecule has 4 nitrogen and oxygen atoms in total. The van der Waals surface area contributed by atoms with E-state index in [9.17, 15) is 4.79 Å². The molecule has 4 heteroatoms. The standard InChI is InChI=1S/C18H15NO3/c1-12-9-17(18(20)21)19-16-8-7-14(10-15(12)16)22-11-13-5-3-2-4-6-13/h2-10H,11H2,1H3,(H,20,21). The second-order valence-corrected chi connectivity index (χ2v) is 5.08. The van der Waals surface area contributed by atoms with Crippen LogP contribution in [0.3, 0.4) is 0 Å². The third-order valence-corrected chi connectivity index (χ3v) is 3.45. The van der Waals surface area contributed by atoms with Gasteiger partial charge < -0.3 is 9.84 Å². The van der Waals surface area contributed by atoms with Crippen LogP contribution in [-0.4, -0.2) is 16.1 Å². The fourth-order valence-corrected chi connectivity index (χ4v) is 2.31. The molecule has 0 saturated carbocycles. The highest BCUT2D eigenvalue weighted by molar-refractivity contribution is 5.91. The summed E-state index contributed by atoms with van der Waals surface area (Å²) >= 11 is 0. The Hall–Kier alpha value is -2.88. The smallest absolute Gasteiger partial charge is 0.354 e. The van der Waals surface area contributed by atoms with E-state index in [1.54, 1.807) is 12.1 Å². The first kappa shape index (κ1) is 14.1. The fourth-order valence-electron chi connectivity index (χ4n) is 2.31. The number of aromatic nitrogens is 1. The number of carboxylic acid groups (broad SMARTS) is 1. The first-order chi connectivity index (χ1) is 10.6. The summed E-state index contributed by atoms with van der Waals surface area (Å²) in [7, 11) is 0. The van der Waals surface area contributed by atoms with Crippen LogP contribution in [0.25, 0.3) is 10.9 Å². The van der Waals surface area contributed by atoms with Crippen molar-refractivity contribution in [1.29, 1.82) is 0 Å². The maximum Gasteiger partial charge on any atom is 0.354 e. The summed E-state index contributed by atoms with van der Waals surface area (Å²) in [5.74, 6) is -0.279. The summed E-state index contributed by atoms with van der Waals surface area (Å²) in [6.07, 6.45) is 0. The lowest BCUT2D eigenvalue weighted by Crippen LogP contribution is -2.01. The molecule has 3 rings (SSSR count). The molecule has 0 fully saturated rings. The van der Waals surface area contributed by atoms with Crippen molar-refractivity contribution in [2.24, 2.45) is 0 Å². The highest BCUT2D eigenvalue weighted by atomic mass is 16.5. The van der Waals surface area contributed by atoms with Crippen molar-refractivity contribution in [2.45, 2.75) is 13.5 Å². The van der Waals surface area contributed by atoms with Gasteiger partial charge in [0.15, 0.2) is 0 Å². The van der Waals surface area contributed by atoms with Crippen molar-refractivity contribution in [1.82, 2.24) is 4.98 Å². The van der Waals surface area contributed by atoms with Crippen molar-refractivity contribution in [2.75, 3.05) is 0 Å². The summed E-state index contributed by atoms with van der Waals surface area (Å²) < 4.78 is 5.79. The third kappa shape index (κ3) is 2.91. The van der Waals surface area contributed by atoms with Gasteiger partial charge in [-0.3, -0.25) is 0 Å². The van der Waals surface area contributed by atoms with Crippen LogP contribution >= 0.6 is 0 Å². The maximum atomic E-state index is 11.0. The van der Waals surface area contributed by atoms with E-state index in [1.807, 2.05) is 49.4 Å². The van der Waals surface area contributed by atoms with Crippen LogP contribution in [0.4, 0.5) is 0 Å². The zero-order valence-corrected chi connectivity index (χ0v) is 12.1. The third-order valence-electron chi connectivity index (χ3n) is 3.45. The molecule has 1 aromatic heterocycles. The molecule has 2 aromatic carbocycles. The first-order valence-corrected chi connectivity index (χ1v) is 6.95. The minimum absolute atomic E-state index is 0.0583. The van der Waals surface area contributed by atoms with Crippen molar-refractivity contribution < 1.29 is 14.6 Å². The quantitative estimate of drug-likeness (QED) is 0.794. The number of benzene rings is 2. The largest absolute Gasteiger partial charge is 0.489 e. The van der Waals surface area contributed by atoms with Gasteiger partial charge in [0.2, 0.25) is 0 Å². The average molecular weight is 293 g/mol. The monoisotopic (exact) mass is 293 g/mol. The molecule has 0 bridgehead atoms. The highest BCUT2D eigenvalue weighted by Gasteiger charge is 2.09. The lowest BCUT2D eigenvalue weighted by Gasteiger charge is -2.09. The Balaban J connectivity index is 1.88. The van der Waals surface area contributed by atoms with Crippen molar-refractivity contribution >= 4 is 16.9 Å². The van der Waals surface area contributed by atoms with Gasteiger partial charge in [-0.05, 0) is 42.3 Å². The van der Waals surface area contributed by atoms with Gasteiger partial charge >= 0.3 is 5.97 Å². The van der Waals surface area contributed by atoms with Gasteiger partial charge in [0.05, 0.1) is 5.52 Å². The number of hydrogen-bond donors (Lipinski definition) is 1. The van der Waals surface area contributed by atoms with E-state index in [0.29, 0.717) is 12.1 Å². The van der Waals surface area contributed by atoms with E-state index in [1.165, 1.54) is 0 Å². The zero-order valence-electron chi connectivity index (χ0n) is 12.1. The van der Waals surface area contributed by atoms with Crippen LogP contribution in [0.15, 0.2) is 54.6 Å². The zero-order chi connectivity index (χ0) is 15.5. The van der Waals surface area contributed by atoms with Crippen LogP contribution in [0.1, 0.15) is 21.6 Å². The van der Waals surface area contributed by atoms with Gasteiger partial charge in [-0.25, -0.2) is 9.78 Å². The van der Waals surface area contributed by atoms with Crippen LogP contribution in [0, 0.1) is 6.92 Å². The van der Waals surface area contributed by atoms with E-state index < -0.39 is 5.97 Å². The van der Waals surface area contributed by atoms with Gasteiger partial charge in [0.25, 0.3) is 0 Å². The molecule has 1 N–H and O–H groups in total. The van der Waals surface area contributed by atoms with Gasteiger partial charge in [-0.2, -0.15) is 0 Å². The van der Waals surface area contributed by atoms with Gasteiger partial charge in [0.1, 0.15) is 18.1 Å². The first-order valence-electron chi connectivity index (χ1n) is 6.95. The van der Waals surface area contributed by atoms with Gasteiger partial charge in [0, 0.05) is 5.39 Å². The normalized spacial score (nSPS) is 10.6. The van der Waals surface area contributed by atoms with Crippen LogP contribution in [0.5, 0.6) is 5.75 Å². The second-order valence-electron chi connectivity index (χ2n) is 5.08. The Morgan fingerprint density at radius 2 is 1.91 bits per heavy atom. The summed E-state index contributed by atoms with van der Waals surface area (Å²) in [6, 6.07) is 17.0. The fraction of sp³-hybridized carbons (Fsp3) is 0.111. The Bertz CT molecular complexity index is 828. The molecule has 110 valence electrons. The van der Waals surface area contributed by atoms with E-state index in [2.05, 4.69) is 4.98 Å². The molecule has 0 aliphatic heterocycles.